The Labute approximate surface area is 106 Å². The molecule has 1 rings (SSSR count). The fraction of sp³-hybridized carbons (Fsp3) is 0.538. The molecule has 0 saturated carbocycles. The number of nitro benzene ring substituents is 1. The summed E-state index contributed by atoms with van der Waals surface area (Å²) in [4.78, 5) is 9.94. The molecule has 4 nitrogen and oxygen atoms in total. The number of hydrogen-bond acceptors (Lipinski definition) is 3. The number of rotatable bonds is 7. The molecule has 18 heavy (non-hydrogen) atoms. The molecule has 1 aromatic rings. The third kappa shape index (κ3) is 3.77. The highest BCUT2D eigenvalue weighted by molar-refractivity contribution is 5.36. The van der Waals surface area contributed by atoms with E-state index >= 15 is 0 Å². The van der Waals surface area contributed by atoms with Crippen molar-refractivity contribution in [2.24, 2.45) is 0 Å². The van der Waals surface area contributed by atoms with E-state index in [0.29, 0.717) is 18.0 Å². The molecule has 1 aromatic carbocycles. The quantitative estimate of drug-likeness (QED) is 0.601. The zero-order chi connectivity index (χ0) is 13.5. The molecular weight excluding hydrogens is 235 g/mol. The molecule has 0 aliphatic heterocycles. The Morgan fingerprint density at radius 1 is 1.44 bits per heavy atom. The van der Waals surface area contributed by atoms with E-state index in [1.165, 1.54) is 12.1 Å². The fourth-order valence-corrected chi connectivity index (χ4v) is 1.97. The number of aryl methyl sites for hydroxylation is 1. The van der Waals surface area contributed by atoms with Gasteiger partial charge in [-0.3, -0.25) is 10.1 Å². The molecule has 0 spiro atoms. The monoisotopic (exact) mass is 254 g/mol. The second kappa shape index (κ2) is 7.06. The molecule has 0 aliphatic carbocycles. The number of halogens is 1. The summed E-state index contributed by atoms with van der Waals surface area (Å²) in [5.74, 6) is -0.700. The number of hydrogen-bond donors (Lipinski definition) is 1. The summed E-state index contributed by atoms with van der Waals surface area (Å²) in [6, 6.07) is 4.67. The minimum absolute atomic E-state index is 0.327. The van der Waals surface area contributed by atoms with Crippen molar-refractivity contribution in [1.82, 2.24) is 5.32 Å². The molecule has 0 aromatic heterocycles. The van der Waals surface area contributed by atoms with Crippen LogP contribution in [0.4, 0.5) is 10.1 Å². The smallest absolute Gasteiger partial charge is 0.305 e. The van der Waals surface area contributed by atoms with E-state index in [2.05, 4.69) is 12.2 Å². The first kappa shape index (κ1) is 14.6. The average molecular weight is 254 g/mol. The first-order chi connectivity index (χ1) is 8.60. The van der Waals surface area contributed by atoms with Gasteiger partial charge in [0.25, 0.3) is 0 Å². The Bertz CT molecular complexity index is 410. The molecule has 0 aliphatic rings. The van der Waals surface area contributed by atoms with Crippen molar-refractivity contribution in [2.75, 3.05) is 6.54 Å². The van der Waals surface area contributed by atoms with Gasteiger partial charge >= 0.3 is 5.69 Å². The molecule has 1 N–H and O–H groups in total. The SMILES string of the molecule is CCNC(CC)CCc1cccc([N+](=O)[O-])c1F. The number of nitrogens with zero attached hydrogens (tertiary/aromatic N) is 1. The van der Waals surface area contributed by atoms with Crippen molar-refractivity contribution in [2.45, 2.75) is 39.2 Å². The van der Waals surface area contributed by atoms with Crippen LogP contribution in [-0.2, 0) is 6.42 Å². The summed E-state index contributed by atoms with van der Waals surface area (Å²) in [6.45, 7) is 4.96. The Balaban J connectivity index is 2.73. The molecule has 0 amide bonds. The van der Waals surface area contributed by atoms with Crippen LogP contribution in [0.15, 0.2) is 18.2 Å². The van der Waals surface area contributed by atoms with Gasteiger partial charge in [0, 0.05) is 12.1 Å². The highest BCUT2D eigenvalue weighted by Crippen LogP contribution is 2.21. The summed E-state index contributed by atoms with van der Waals surface area (Å²) < 4.78 is 13.8. The minimum atomic E-state index is -0.700. The third-order valence-electron chi connectivity index (χ3n) is 3.00. The summed E-state index contributed by atoms with van der Waals surface area (Å²) in [5, 5.41) is 13.9. The van der Waals surface area contributed by atoms with Crippen LogP contribution in [0.1, 0.15) is 32.3 Å². The van der Waals surface area contributed by atoms with E-state index < -0.39 is 16.4 Å². The molecule has 0 heterocycles. The van der Waals surface area contributed by atoms with E-state index in [0.717, 1.165) is 19.4 Å². The predicted octanol–water partition coefficient (Wildman–Crippen LogP) is 3.05. The van der Waals surface area contributed by atoms with Crippen LogP contribution in [0.2, 0.25) is 0 Å². The molecule has 0 saturated heterocycles. The van der Waals surface area contributed by atoms with Crippen LogP contribution < -0.4 is 5.32 Å². The van der Waals surface area contributed by atoms with Gasteiger partial charge in [-0.1, -0.05) is 26.0 Å². The van der Waals surface area contributed by atoms with Crippen molar-refractivity contribution in [3.8, 4) is 0 Å². The van der Waals surface area contributed by atoms with Crippen molar-refractivity contribution in [3.05, 3.63) is 39.7 Å². The number of nitro groups is 1. The summed E-state index contributed by atoms with van der Waals surface area (Å²) >= 11 is 0. The van der Waals surface area contributed by atoms with Crippen molar-refractivity contribution >= 4 is 5.69 Å². The minimum Gasteiger partial charge on any atom is -0.314 e. The number of nitrogens with one attached hydrogen (secondary N) is 1. The van der Waals surface area contributed by atoms with Crippen LogP contribution >= 0.6 is 0 Å². The van der Waals surface area contributed by atoms with Gasteiger partial charge in [0.1, 0.15) is 0 Å². The van der Waals surface area contributed by atoms with Gasteiger partial charge < -0.3 is 5.32 Å². The summed E-state index contributed by atoms with van der Waals surface area (Å²) in [6.07, 6.45) is 2.26. The highest BCUT2D eigenvalue weighted by atomic mass is 19.1. The van der Waals surface area contributed by atoms with Gasteiger partial charge in [-0.25, -0.2) is 0 Å². The lowest BCUT2D eigenvalue weighted by Crippen LogP contribution is -2.28. The van der Waals surface area contributed by atoms with Gasteiger partial charge in [-0.15, -0.1) is 0 Å². The maximum absolute atomic E-state index is 13.8. The van der Waals surface area contributed by atoms with Crippen molar-refractivity contribution < 1.29 is 9.31 Å². The molecular formula is C13H19FN2O2. The van der Waals surface area contributed by atoms with E-state index in [4.69, 9.17) is 0 Å². The number of benzene rings is 1. The van der Waals surface area contributed by atoms with Crippen LogP contribution in [-0.4, -0.2) is 17.5 Å². The maximum atomic E-state index is 13.8. The van der Waals surface area contributed by atoms with Crippen LogP contribution in [0.3, 0.4) is 0 Å². The molecule has 100 valence electrons. The summed E-state index contributed by atoms with van der Waals surface area (Å²) in [7, 11) is 0. The van der Waals surface area contributed by atoms with Gasteiger partial charge in [0.15, 0.2) is 0 Å². The normalized spacial score (nSPS) is 12.4. The van der Waals surface area contributed by atoms with Gasteiger partial charge in [0.2, 0.25) is 5.82 Å². The molecule has 5 heteroatoms. The first-order valence-corrected chi connectivity index (χ1v) is 6.25. The van der Waals surface area contributed by atoms with Crippen molar-refractivity contribution in [1.29, 1.82) is 0 Å². The van der Waals surface area contributed by atoms with E-state index in [1.807, 2.05) is 6.92 Å². The Hall–Kier alpha value is -1.49. The topological polar surface area (TPSA) is 55.2 Å². The van der Waals surface area contributed by atoms with E-state index in [1.54, 1.807) is 6.07 Å². The second-order valence-corrected chi connectivity index (χ2v) is 4.21. The lowest BCUT2D eigenvalue weighted by Gasteiger charge is -2.15. The average Bonchev–Trinajstić information content (AvgIpc) is 2.35. The van der Waals surface area contributed by atoms with E-state index in [9.17, 15) is 14.5 Å². The maximum Gasteiger partial charge on any atom is 0.305 e. The Kier molecular flexibility index (Phi) is 5.71. The third-order valence-corrected chi connectivity index (χ3v) is 3.00. The Morgan fingerprint density at radius 2 is 2.17 bits per heavy atom. The van der Waals surface area contributed by atoms with Crippen LogP contribution in [0, 0.1) is 15.9 Å². The van der Waals surface area contributed by atoms with Gasteiger partial charge in [0.05, 0.1) is 4.92 Å². The zero-order valence-corrected chi connectivity index (χ0v) is 10.8. The largest absolute Gasteiger partial charge is 0.314 e. The molecule has 1 atom stereocenters. The van der Waals surface area contributed by atoms with Gasteiger partial charge in [-0.05, 0) is 31.4 Å². The zero-order valence-electron chi connectivity index (χ0n) is 10.8. The molecule has 1 unspecified atom stereocenters. The van der Waals surface area contributed by atoms with Crippen molar-refractivity contribution in [3.63, 3.8) is 0 Å². The molecule has 0 fully saturated rings. The first-order valence-electron chi connectivity index (χ1n) is 6.25. The molecule has 0 bridgehead atoms. The standard InChI is InChI=1S/C13H19FN2O2/c1-3-11(15-4-2)9-8-10-6-5-7-12(13(10)14)16(17)18/h5-7,11,15H,3-4,8-9H2,1-2H3. The van der Waals surface area contributed by atoms with E-state index in [-0.39, 0.29) is 0 Å². The van der Waals surface area contributed by atoms with Crippen LogP contribution in [0.25, 0.3) is 0 Å². The summed E-state index contributed by atoms with van der Waals surface area (Å²) in [5.41, 5.74) is -0.0236. The highest BCUT2D eigenvalue weighted by Gasteiger charge is 2.17. The van der Waals surface area contributed by atoms with Crippen LogP contribution in [0.5, 0.6) is 0 Å². The second-order valence-electron chi connectivity index (χ2n) is 4.21. The fourth-order valence-electron chi connectivity index (χ4n) is 1.97. The Morgan fingerprint density at radius 3 is 2.72 bits per heavy atom. The lowest BCUT2D eigenvalue weighted by atomic mass is 10.0. The van der Waals surface area contributed by atoms with Gasteiger partial charge in [-0.2, -0.15) is 4.39 Å². The predicted molar refractivity (Wildman–Crippen MR) is 69.1 cm³/mol. The lowest BCUT2D eigenvalue weighted by molar-refractivity contribution is -0.387. The molecule has 0 radical (unpaired) electrons.